The Morgan fingerprint density at radius 3 is 2.80 bits per heavy atom. The zero-order chi connectivity index (χ0) is 21.3. The molecule has 9 heteroatoms. The van der Waals surface area contributed by atoms with Crippen LogP contribution in [0.3, 0.4) is 0 Å². The smallest absolute Gasteiger partial charge is 0.324 e. The quantitative estimate of drug-likeness (QED) is 0.464. The van der Waals surface area contributed by atoms with Gasteiger partial charge in [0.2, 0.25) is 5.91 Å². The summed E-state index contributed by atoms with van der Waals surface area (Å²) in [6.07, 6.45) is 4.25. The Morgan fingerprint density at radius 1 is 1.20 bits per heavy atom. The first kappa shape index (κ1) is 20.4. The molecular formula is C21H20N4O3S2. The van der Waals surface area contributed by atoms with Gasteiger partial charge in [-0.15, -0.1) is 23.1 Å². The summed E-state index contributed by atoms with van der Waals surface area (Å²) in [4.78, 5) is 44.9. The Bertz CT molecular complexity index is 1370. The van der Waals surface area contributed by atoms with Gasteiger partial charge in [-0.3, -0.25) is 18.7 Å². The number of fused-ring (bicyclic) bond motifs is 3. The van der Waals surface area contributed by atoms with Gasteiger partial charge in [-0.1, -0.05) is 13.0 Å². The van der Waals surface area contributed by atoms with E-state index in [2.05, 4.69) is 10.3 Å². The Kier molecular flexibility index (Phi) is 5.74. The Hall–Kier alpha value is -2.91. The van der Waals surface area contributed by atoms with E-state index in [0.717, 1.165) is 4.90 Å². The molecule has 0 unspecified atom stereocenters. The SMILES string of the molecule is CCCn1c(=O)c2sc3ncccc3c2n(CC(=O)Nc2cccc(SC)c2)c1=O. The molecule has 1 amide bonds. The van der Waals surface area contributed by atoms with Crippen molar-refractivity contribution in [3.63, 3.8) is 0 Å². The van der Waals surface area contributed by atoms with E-state index in [0.29, 0.717) is 39.1 Å². The number of thiophene rings is 1. The second-order valence-electron chi connectivity index (χ2n) is 6.74. The van der Waals surface area contributed by atoms with Gasteiger partial charge in [0.1, 0.15) is 16.1 Å². The van der Waals surface area contributed by atoms with Gasteiger partial charge in [0.15, 0.2) is 0 Å². The van der Waals surface area contributed by atoms with E-state index < -0.39 is 5.69 Å². The van der Waals surface area contributed by atoms with E-state index in [-0.39, 0.29) is 18.0 Å². The minimum absolute atomic E-state index is 0.191. The van der Waals surface area contributed by atoms with E-state index in [4.69, 9.17) is 0 Å². The first-order valence-corrected chi connectivity index (χ1v) is 11.5. The fourth-order valence-electron chi connectivity index (χ4n) is 3.40. The Labute approximate surface area is 180 Å². The zero-order valence-electron chi connectivity index (χ0n) is 16.5. The van der Waals surface area contributed by atoms with Gasteiger partial charge in [0, 0.05) is 28.7 Å². The minimum Gasteiger partial charge on any atom is -0.324 e. The van der Waals surface area contributed by atoms with Crippen LogP contribution in [0.4, 0.5) is 5.69 Å². The van der Waals surface area contributed by atoms with Gasteiger partial charge in [0.25, 0.3) is 5.56 Å². The van der Waals surface area contributed by atoms with Gasteiger partial charge < -0.3 is 5.32 Å². The number of pyridine rings is 1. The van der Waals surface area contributed by atoms with Crippen molar-refractivity contribution in [1.29, 1.82) is 0 Å². The number of benzene rings is 1. The molecule has 0 saturated carbocycles. The van der Waals surface area contributed by atoms with E-state index >= 15 is 0 Å². The van der Waals surface area contributed by atoms with E-state index in [1.54, 1.807) is 30.1 Å². The molecule has 0 aliphatic heterocycles. The molecule has 30 heavy (non-hydrogen) atoms. The number of nitrogens with one attached hydrogen (secondary N) is 1. The standard InChI is InChI=1S/C21H20N4O3S2/c1-3-10-24-20(27)18-17(15-8-5-9-22-19(15)30-18)25(21(24)28)12-16(26)23-13-6-4-7-14(11-13)29-2/h4-9,11H,3,10,12H2,1-2H3,(H,23,26). The van der Waals surface area contributed by atoms with Crippen LogP contribution in [0.1, 0.15) is 13.3 Å². The summed E-state index contributed by atoms with van der Waals surface area (Å²) in [5, 5.41) is 3.55. The number of hydrogen-bond donors (Lipinski definition) is 1. The molecule has 0 aliphatic carbocycles. The molecule has 0 bridgehead atoms. The number of anilines is 1. The third-order valence-corrected chi connectivity index (χ3v) is 6.53. The summed E-state index contributed by atoms with van der Waals surface area (Å²) in [7, 11) is 0. The van der Waals surface area contributed by atoms with E-state index in [9.17, 15) is 14.4 Å². The fourth-order valence-corrected chi connectivity index (χ4v) is 4.95. The van der Waals surface area contributed by atoms with Crippen LogP contribution in [-0.2, 0) is 17.9 Å². The van der Waals surface area contributed by atoms with Crippen molar-refractivity contribution < 1.29 is 4.79 Å². The lowest BCUT2D eigenvalue weighted by atomic mass is 10.3. The summed E-state index contributed by atoms with van der Waals surface area (Å²) < 4.78 is 3.04. The molecule has 3 aromatic heterocycles. The van der Waals surface area contributed by atoms with Crippen molar-refractivity contribution in [2.75, 3.05) is 11.6 Å². The molecule has 0 spiro atoms. The predicted octanol–water partition coefficient (Wildman–Crippen LogP) is 3.54. The lowest BCUT2D eigenvalue weighted by molar-refractivity contribution is -0.116. The second-order valence-corrected chi connectivity index (χ2v) is 8.62. The Balaban J connectivity index is 1.83. The maximum absolute atomic E-state index is 13.2. The number of carbonyl (C=O) groups is 1. The predicted molar refractivity (Wildman–Crippen MR) is 123 cm³/mol. The minimum atomic E-state index is -0.481. The summed E-state index contributed by atoms with van der Waals surface area (Å²) in [5.41, 5.74) is 0.323. The molecule has 0 saturated heterocycles. The number of amides is 1. The third kappa shape index (κ3) is 3.66. The average molecular weight is 441 g/mol. The van der Waals surface area contributed by atoms with Crippen LogP contribution in [0.25, 0.3) is 20.4 Å². The van der Waals surface area contributed by atoms with Crippen molar-refractivity contribution >= 4 is 55.1 Å². The van der Waals surface area contributed by atoms with Crippen molar-refractivity contribution in [2.24, 2.45) is 0 Å². The number of thioether (sulfide) groups is 1. The van der Waals surface area contributed by atoms with Crippen molar-refractivity contribution in [3.05, 3.63) is 63.4 Å². The average Bonchev–Trinajstić information content (AvgIpc) is 3.14. The largest absolute Gasteiger partial charge is 0.332 e. The zero-order valence-corrected chi connectivity index (χ0v) is 18.2. The molecule has 7 nitrogen and oxygen atoms in total. The molecule has 0 aliphatic rings. The molecule has 154 valence electrons. The summed E-state index contributed by atoms with van der Waals surface area (Å²) in [5.74, 6) is -0.332. The lowest BCUT2D eigenvalue weighted by Gasteiger charge is -2.12. The number of carbonyl (C=O) groups excluding carboxylic acids is 1. The molecular weight excluding hydrogens is 420 g/mol. The van der Waals surface area contributed by atoms with Crippen LogP contribution in [0.2, 0.25) is 0 Å². The highest BCUT2D eigenvalue weighted by Crippen LogP contribution is 2.29. The van der Waals surface area contributed by atoms with E-state index in [1.807, 2.05) is 37.4 Å². The van der Waals surface area contributed by atoms with Gasteiger partial charge >= 0.3 is 5.69 Å². The van der Waals surface area contributed by atoms with Gasteiger partial charge in [-0.05, 0) is 43.0 Å². The number of hydrogen-bond acceptors (Lipinski definition) is 6. The highest BCUT2D eigenvalue weighted by Gasteiger charge is 2.20. The summed E-state index contributed by atoms with van der Waals surface area (Å²) >= 11 is 2.83. The first-order valence-electron chi connectivity index (χ1n) is 9.48. The number of aromatic nitrogens is 3. The highest BCUT2D eigenvalue weighted by molar-refractivity contribution is 7.98. The van der Waals surface area contributed by atoms with Crippen LogP contribution in [0, 0.1) is 0 Å². The van der Waals surface area contributed by atoms with Crippen LogP contribution >= 0.6 is 23.1 Å². The van der Waals surface area contributed by atoms with Crippen LogP contribution in [0.5, 0.6) is 0 Å². The fraction of sp³-hybridized carbons (Fsp3) is 0.238. The maximum atomic E-state index is 13.2. The molecule has 0 atom stereocenters. The molecule has 0 fully saturated rings. The molecule has 4 rings (SSSR count). The Morgan fingerprint density at radius 2 is 2.03 bits per heavy atom. The van der Waals surface area contributed by atoms with Gasteiger partial charge in [-0.2, -0.15) is 0 Å². The van der Waals surface area contributed by atoms with Crippen LogP contribution in [0.15, 0.2) is 57.1 Å². The lowest BCUT2D eigenvalue weighted by Crippen LogP contribution is -2.41. The first-order chi connectivity index (χ1) is 14.5. The summed E-state index contributed by atoms with van der Waals surface area (Å²) in [6, 6.07) is 11.1. The molecule has 0 radical (unpaired) electrons. The molecule has 1 N–H and O–H groups in total. The van der Waals surface area contributed by atoms with Gasteiger partial charge in [0.05, 0.1) is 5.52 Å². The monoisotopic (exact) mass is 440 g/mol. The van der Waals surface area contributed by atoms with Crippen LogP contribution < -0.4 is 16.6 Å². The maximum Gasteiger partial charge on any atom is 0.332 e. The third-order valence-electron chi connectivity index (χ3n) is 4.71. The second kappa shape index (κ2) is 8.45. The van der Waals surface area contributed by atoms with E-state index in [1.165, 1.54) is 20.5 Å². The van der Waals surface area contributed by atoms with Crippen molar-refractivity contribution in [2.45, 2.75) is 31.3 Å². The van der Waals surface area contributed by atoms with Gasteiger partial charge in [-0.25, -0.2) is 9.78 Å². The topological polar surface area (TPSA) is 86.0 Å². The highest BCUT2D eigenvalue weighted by atomic mass is 32.2. The summed E-state index contributed by atoms with van der Waals surface area (Å²) in [6.45, 7) is 2.01. The van der Waals surface area contributed by atoms with Crippen LogP contribution in [-0.4, -0.2) is 26.3 Å². The van der Waals surface area contributed by atoms with Crippen molar-refractivity contribution in [1.82, 2.24) is 14.1 Å². The number of rotatable bonds is 6. The molecule has 4 aromatic rings. The van der Waals surface area contributed by atoms with Crippen molar-refractivity contribution in [3.8, 4) is 0 Å². The molecule has 3 heterocycles. The number of nitrogens with zero attached hydrogens (tertiary/aromatic N) is 3. The molecule has 1 aromatic carbocycles. The normalized spacial score (nSPS) is 11.3.